The van der Waals surface area contributed by atoms with E-state index in [1.54, 1.807) is 0 Å². The Morgan fingerprint density at radius 1 is 0.265 bits per heavy atom. The van der Waals surface area contributed by atoms with E-state index in [4.69, 9.17) is 0 Å². The van der Waals surface area contributed by atoms with E-state index in [0.717, 1.165) is 38.4 Å². The second-order valence-electron chi connectivity index (χ2n) is 12.4. The lowest BCUT2D eigenvalue weighted by Crippen LogP contribution is -1.93. The van der Waals surface area contributed by atoms with Crippen molar-refractivity contribution in [2.75, 3.05) is 0 Å². The molecular weight excluding hydrogens is 608 g/mol. The van der Waals surface area contributed by atoms with E-state index in [2.05, 4.69) is 91.0 Å². The first-order chi connectivity index (χ1) is 23.9. The maximum absolute atomic E-state index is 11.1. The molecule has 5 nitrogen and oxygen atoms in total. The molecule has 0 aromatic heterocycles. The summed E-state index contributed by atoms with van der Waals surface area (Å²) in [6, 6.07) is 47.5. The average Bonchev–Trinajstić information content (AvgIpc) is 3.15. The van der Waals surface area contributed by atoms with Crippen molar-refractivity contribution in [2.24, 2.45) is 0 Å². The van der Waals surface area contributed by atoms with Crippen molar-refractivity contribution >= 4 is 53.9 Å². The van der Waals surface area contributed by atoms with Crippen molar-refractivity contribution in [3.05, 3.63) is 140 Å². The molecule has 0 atom stereocenters. The lowest BCUT2D eigenvalue weighted by molar-refractivity contribution is 0.330. The van der Waals surface area contributed by atoms with Gasteiger partial charge < -0.3 is 25.5 Å². The van der Waals surface area contributed by atoms with Crippen LogP contribution in [-0.2, 0) is 0 Å². The van der Waals surface area contributed by atoms with E-state index >= 15 is 0 Å². The maximum atomic E-state index is 11.1. The van der Waals surface area contributed by atoms with Crippen LogP contribution in [0.2, 0.25) is 0 Å². The molecule has 0 amide bonds. The summed E-state index contributed by atoms with van der Waals surface area (Å²) in [7, 11) is 0. The fraction of sp³-hybridized carbons (Fsp3) is 0. The highest BCUT2D eigenvalue weighted by Crippen LogP contribution is 2.57. The van der Waals surface area contributed by atoms with E-state index in [1.807, 2.05) is 48.5 Å². The van der Waals surface area contributed by atoms with E-state index in [-0.39, 0.29) is 5.56 Å². The molecule has 0 heterocycles. The Labute approximate surface area is 280 Å². The van der Waals surface area contributed by atoms with Crippen molar-refractivity contribution in [3.8, 4) is 62.1 Å². The van der Waals surface area contributed by atoms with Gasteiger partial charge in [0.2, 0.25) is 17.2 Å². The van der Waals surface area contributed by atoms with Crippen LogP contribution in [0.15, 0.2) is 140 Å². The zero-order valence-electron chi connectivity index (χ0n) is 26.0. The topological polar surface area (TPSA) is 101 Å². The van der Waals surface area contributed by atoms with Gasteiger partial charge in [-0.3, -0.25) is 0 Å². The zero-order chi connectivity index (χ0) is 33.4. The molecule has 0 saturated carbocycles. The van der Waals surface area contributed by atoms with E-state index < -0.39 is 28.7 Å². The standard InChI is InChI=1S/C44H28O5/c45-40-39(41(46)43(48)44(49)42(40)47)38-33-18-7-5-16-31(33)37(32-17-6-8-19-34(32)38)26-12-9-11-25(22-26)35-23-36-27-13-2-1-10-24(27)20-21-30(36)28-14-3-4-15-29(28)35/h1-23,45-49H. The van der Waals surface area contributed by atoms with Gasteiger partial charge in [0.1, 0.15) is 0 Å². The van der Waals surface area contributed by atoms with Gasteiger partial charge in [-0.15, -0.1) is 0 Å². The first-order valence-corrected chi connectivity index (χ1v) is 16.0. The van der Waals surface area contributed by atoms with Gasteiger partial charge in [0.25, 0.3) is 0 Å². The molecule has 0 unspecified atom stereocenters. The number of rotatable bonds is 3. The highest BCUT2D eigenvalue weighted by atomic mass is 16.4. The molecule has 9 aromatic rings. The molecule has 5 N–H and O–H groups in total. The van der Waals surface area contributed by atoms with Crippen LogP contribution in [0.25, 0.3) is 87.2 Å². The quantitative estimate of drug-likeness (QED) is 0.0575. The van der Waals surface area contributed by atoms with Gasteiger partial charge in [-0.05, 0) is 88.2 Å². The SMILES string of the molecule is Oc1c(O)c(O)c(-c2c3ccccc3c(-c3cccc(-c4cc5c6ccccc6ccc5c5ccccc45)c3)c3ccccc23)c(O)c1O. The predicted molar refractivity (Wildman–Crippen MR) is 199 cm³/mol. The fourth-order valence-electron chi connectivity index (χ4n) is 7.57. The van der Waals surface area contributed by atoms with Gasteiger partial charge in [0, 0.05) is 5.56 Å². The molecule has 0 aliphatic rings. The number of hydrogen-bond donors (Lipinski definition) is 5. The summed E-state index contributed by atoms with van der Waals surface area (Å²) in [6.07, 6.45) is 0. The Balaban J connectivity index is 1.35. The molecule has 0 fully saturated rings. The maximum Gasteiger partial charge on any atom is 0.208 e. The molecule has 234 valence electrons. The third-order valence-corrected chi connectivity index (χ3v) is 9.78. The number of aromatic hydroxyl groups is 5. The minimum atomic E-state index is -0.991. The van der Waals surface area contributed by atoms with E-state index in [1.165, 1.54) is 26.9 Å². The van der Waals surface area contributed by atoms with E-state index in [9.17, 15) is 25.5 Å². The summed E-state index contributed by atoms with van der Waals surface area (Å²) < 4.78 is 0. The van der Waals surface area contributed by atoms with Crippen LogP contribution in [0.5, 0.6) is 28.7 Å². The summed E-state index contributed by atoms with van der Waals surface area (Å²) in [6.45, 7) is 0. The molecule has 0 aliphatic heterocycles. The monoisotopic (exact) mass is 636 g/mol. The van der Waals surface area contributed by atoms with Gasteiger partial charge >= 0.3 is 0 Å². The first-order valence-electron chi connectivity index (χ1n) is 16.0. The average molecular weight is 637 g/mol. The van der Waals surface area contributed by atoms with Crippen LogP contribution in [0, 0.1) is 0 Å². The number of phenolic OH excluding ortho intramolecular Hbond substituents is 5. The molecule has 0 aliphatic carbocycles. The molecule has 0 spiro atoms. The Morgan fingerprint density at radius 3 is 1.37 bits per heavy atom. The molecule has 49 heavy (non-hydrogen) atoms. The second-order valence-corrected chi connectivity index (χ2v) is 12.4. The van der Waals surface area contributed by atoms with Crippen molar-refractivity contribution in [3.63, 3.8) is 0 Å². The minimum absolute atomic E-state index is 0.171. The lowest BCUT2D eigenvalue weighted by atomic mass is 9.84. The highest BCUT2D eigenvalue weighted by molar-refractivity contribution is 6.24. The molecule has 5 heteroatoms. The molecule has 9 aromatic carbocycles. The summed E-state index contributed by atoms with van der Waals surface area (Å²) in [5.74, 6) is -4.27. The summed E-state index contributed by atoms with van der Waals surface area (Å²) in [5.41, 5.74) is 4.36. The summed E-state index contributed by atoms with van der Waals surface area (Å²) in [5, 5.41) is 63.4. The van der Waals surface area contributed by atoms with Gasteiger partial charge in [-0.1, -0.05) is 127 Å². The van der Waals surface area contributed by atoms with Crippen molar-refractivity contribution < 1.29 is 25.5 Å². The summed E-state index contributed by atoms with van der Waals surface area (Å²) >= 11 is 0. The fourth-order valence-corrected chi connectivity index (χ4v) is 7.57. The Hall–Kier alpha value is -6.72. The normalized spacial score (nSPS) is 11.7. The van der Waals surface area contributed by atoms with Crippen LogP contribution in [0.3, 0.4) is 0 Å². The Bertz CT molecular complexity index is 2750. The number of phenols is 5. The van der Waals surface area contributed by atoms with Gasteiger partial charge in [0.05, 0.1) is 5.56 Å². The molecule has 0 radical (unpaired) electrons. The molecule has 0 saturated heterocycles. The summed E-state index contributed by atoms with van der Waals surface area (Å²) in [4.78, 5) is 0. The van der Waals surface area contributed by atoms with Crippen LogP contribution < -0.4 is 0 Å². The van der Waals surface area contributed by atoms with Gasteiger partial charge in [-0.2, -0.15) is 0 Å². The highest BCUT2D eigenvalue weighted by Gasteiger charge is 2.28. The van der Waals surface area contributed by atoms with Crippen LogP contribution in [0.4, 0.5) is 0 Å². The molecule has 9 rings (SSSR count). The zero-order valence-corrected chi connectivity index (χ0v) is 26.0. The Morgan fingerprint density at radius 2 is 0.735 bits per heavy atom. The van der Waals surface area contributed by atoms with Crippen molar-refractivity contribution in [1.29, 1.82) is 0 Å². The largest absolute Gasteiger partial charge is 0.504 e. The van der Waals surface area contributed by atoms with Crippen molar-refractivity contribution in [2.45, 2.75) is 0 Å². The smallest absolute Gasteiger partial charge is 0.208 e. The first kappa shape index (κ1) is 28.5. The van der Waals surface area contributed by atoms with Crippen LogP contribution in [0.1, 0.15) is 0 Å². The number of fused-ring (bicyclic) bond motifs is 7. The van der Waals surface area contributed by atoms with E-state index in [0.29, 0.717) is 16.3 Å². The second kappa shape index (κ2) is 10.7. The third-order valence-electron chi connectivity index (χ3n) is 9.78. The van der Waals surface area contributed by atoms with Gasteiger partial charge in [-0.25, -0.2) is 0 Å². The van der Waals surface area contributed by atoms with Crippen LogP contribution >= 0.6 is 0 Å². The number of hydrogen-bond acceptors (Lipinski definition) is 5. The van der Waals surface area contributed by atoms with Crippen LogP contribution in [-0.4, -0.2) is 25.5 Å². The van der Waals surface area contributed by atoms with Gasteiger partial charge in [0.15, 0.2) is 11.5 Å². The Kier molecular flexibility index (Phi) is 6.20. The predicted octanol–water partition coefficient (Wildman–Crippen LogP) is 11.0. The molecular formula is C44H28O5. The third kappa shape index (κ3) is 4.12. The number of benzene rings is 9. The molecule has 0 bridgehead atoms. The minimum Gasteiger partial charge on any atom is -0.504 e. The lowest BCUT2D eigenvalue weighted by Gasteiger charge is -2.20. The van der Waals surface area contributed by atoms with Crippen molar-refractivity contribution in [1.82, 2.24) is 0 Å².